The normalized spacial score (nSPS) is 9.25. The van der Waals surface area contributed by atoms with Gasteiger partial charge in [-0.3, -0.25) is 0 Å². The zero-order valence-corrected chi connectivity index (χ0v) is 9.42. The minimum absolute atomic E-state index is 0.186. The van der Waals surface area contributed by atoms with Crippen LogP contribution in [0.2, 0.25) is 0 Å². The summed E-state index contributed by atoms with van der Waals surface area (Å²) in [6.07, 6.45) is -0.788. The molecular formula is C10H13N3O2S. The first-order valence-corrected chi connectivity index (χ1v) is 5.11. The number of primary amides is 1. The summed E-state index contributed by atoms with van der Waals surface area (Å²) >= 11 is 5.02. The lowest BCUT2D eigenvalue weighted by Gasteiger charge is -2.09. The van der Waals surface area contributed by atoms with Gasteiger partial charge in [0.05, 0.1) is 6.54 Å². The molecule has 0 atom stereocenters. The molecule has 86 valence electrons. The fraction of sp³-hybridized carbons (Fsp3) is 0.200. The van der Waals surface area contributed by atoms with Gasteiger partial charge in [0.2, 0.25) is 0 Å². The van der Waals surface area contributed by atoms with Crippen LogP contribution < -0.4 is 16.4 Å². The molecule has 0 fully saturated rings. The minimum atomic E-state index is -0.788. The first kappa shape index (κ1) is 12.3. The average Bonchev–Trinajstić information content (AvgIpc) is 2.25. The molecule has 0 aliphatic rings. The van der Waals surface area contributed by atoms with E-state index in [-0.39, 0.29) is 6.61 Å². The van der Waals surface area contributed by atoms with Crippen LogP contribution in [0.1, 0.15) is 0 Å². The summed E-state index contributed by atoms with van der Waals surface area (Å²) in [6, 6.07) is 9.52. The number of nitrogens with two attached hydrogens (primary N) is 1. The number of para-hydroxylation sites is 1. The summed E-state index contributed by atoms with van der Waals surface area (Å²) in [4.78, 5) is 10.3. The third kappa shape index (κ3) is 5.16. The number of carbonyl (C=O) groups excluding carboxylic acids is 1. The van der Waals surface area contributed by atoms with Crippen LogP contribution in [0.15, 0.2) is 30.3 Å². The van der Waals surface area contributed by atoms with E-state index >= 15 is 0 Å². The predicted octanol–water partition coefficient (Wildman–Crippen LogP) is 1.07. The topological polar surface area (TPSA) is 76.4 Å². The number of benzene rings is 1. The number of hydrogen-bond donors (Lipinski definition) is 3. The second-order valence-electron chi connectivity index (χ2n) is 2.91. The number of amides is 1. The Hall–Kier alpha value is -1.82. The summed E-state index contributed by atoms with van der Waals surface area (Å²) in [5.41, 5.74) is 5.69. The van der Waals surface area contributed by atoms with Gasteiger partial charge in [0.25, 0.3) is 0 Å². The van der Waals surface area contributed by atoms with Gasteiger partial charge < -0.3 is 21.1 Å². The fourth-order valence-corrected chi connectivity index (χ4v) is 1.23. The number of rotatable bonds is 4. The van der Waals surface area contributed by atoms with Crippen LogP contribution in [0.3, 0.4) is 0 Å². The van der Waals surface area contributed by atoms with Gasteiger partial charge in [-0.05, 0) is 24.4 Å². The third-order valence-corrected chi connectivity index (χ3v) is 1.91. The minimum Gasteiger partial charge on any atom is -0.448 e. The molecule has 0 spiro atoms. The summed E-state index contributed by atoms with van der Waals surface area (Å²) in [5.74, 6) is 0. The van der Waals surface area contributed by atoms with Crippen molar-refractivity contribution in [2.45, 2.75) is 0 Å². The maximum atomic E-state index is 10.3. The van der Waals surface area contributed by atoms with Crippen LogP contribution in [-0.4, -0.2) is 24.4 Å². The van der Waals surface area contributed by atoms with E-state index in [4.69, 9.17) is 18.0 Å². The second-order valence-corrected chi connectivity index (χ2v) is 3.32. The smallest absolute Gasteiger partial charge is 0.404 e. The molecule has 0 heterocycles. The van der Waals surface area contributed by atoms with Gasteiger partial charge in [0.1, 0.15) is 6.61 Å². The Balaban J connectivity index is 2.19. The monoisotopic (exact) mass is 239 g/mol. The molecule has 0 saturated heterocycles. The van der Waals surface area contributed by atoms with Crippen molar-refractivity contribution in [3.05, 3.63) is 30.3 Å². The lowest BCUT2D eigenvalue weighted by Crippen LogP contribution is -2.32. The van der Waals surface area contributed by atoms with Gasteiger partial charge in [-0.1, -0.05) is 18.2 Å². The number of hydrogen-bond acceptors (Lipinski definition) is 3. The van der Waals surface area contributed by atoms with Crippen LogP contribution in [0, 0.1) is 0 Å². The molecule has 1 amide bonds. The van der Waals surface area contributed by atoms with Crippen molar-refractivity contribution in [1.29, 1.82) is 0 Å². The molecule has 16 heavy (non-hydrogen) atoms. The van der Waals surface area contributed by atoms with E-state index in [9.17, 15) is 4.79 Å². The molecule has 4 N–H and O–H groups in total. The van der Waals surface area contributed by atoms with Crippen LogP contribution in [-0.2, 0) is 4.74 Å². The van der Waals surface area contributed by atoms with Crippen molar-refractivity contribution in [2.75, 3.05) is 18.5 Å². The zero-order valence-electron chi connectivity index (χ0n) is 8.60. The van der Waals surface area contributed by atoms with Crippen LogP contribution in [0.4, 0.5) is 10.5 Å². The fourth-order valence-electron chi connectivity index (χ4n) is 1.01. The first-order chi connectivity index (χ1) is 7.68. The molecule has 1 rings (SSSR count). The summed E-state index contributed by atoms with van der Waals surface area (Å²) < 4.78 is 4.53. The van der Waals surface area contributed by atoms with Crippen molar-refractivity contribution in [3.8, 4) is 0 Å². The molecule has 0 bridgehead atoms. The molecule has 0 radical (unpaired) electrons. The largest absolute Gasteiger partial charge is 0.448 e. The summed E-state index contributed by atoms with van der Waals surface area (Å²) in [6.45, 7) is 0.605. The second kappa shape index (κ2) is 6.62. The Kier molecular flexibility index (Phi) is 5.07. The predicted molar refractivity (Wildman–Crippen MR) is 66.2 cm³/mol. The van der Waals surface area contributed by atoms with Crippen molar-refractivity contribution in [3.63, 3.8) is 0 Å². The van der Waals surface area contributed by atoms with E-state index in [0.29, 0.717) is 11.7 Å². The lowest BCUT2D eigenvalue weighted by atomic mass is 10.3. The SMILES string of the molecule is NC(=O)OCCNC(=S)Nc1ccccc1. The molecule has 0 aliphatic heterocycles. The molecule has 0 aliphatic carbocycles. The third-order valence-electron chi connectivity index (χ3n) is 1.66. The molecule has 1 aromatic rings. The van der Waals surface area contributed by atoms with Crippen molar-refractivity contribution >= 4 is 29.1 Å². The van der Waals surface area contributed by atoms with E-state index in [1.54, 1.807) is 0 Å². The molecule has 5 nitrogen and oxygen atoms in total. The van der Waals surface area contributed by atoms with E-state index in [1.165, 1.54) is 0 Å². The van der Waals surface area contributed by atoms with Crippen LogP contribution in [0.25, 0.3) is 0 Å². The van der Waals surface area contributed by atoms with Crippen molar-refractivity contribution in [1.82, 2.24) is 5.32 Å². The van der Waals surface area contributed by atoms with Gasteiger partial charge in [0.15, 0.2) is 5.11 Å². The maximum absolute atomic E-state index is 10.3. The van der Waals surface area contributed by atoms with Crippen molar-refractivity contribution in [2.24, 2.45) is 5.73 Å². The highest BCUT2D eigenvalue weighted by atomic mass is 32.1. The highest BCUT2D eigenvalue weighted by Gasteiger charge is 1.97. The van der Waals surface area contributed by atoms with Gasteiger partial charge in [-0.15, -0.1) is 0 Å². The molecule has 0 saturated carbocycles. The highest BCUT2D eigenvalue weighted by molar-refractivity contribution is 7.80. The number of carbonyl (C=O) groups is 1. The number of nitrogens with one attached hydrogen (secondary N) is 2. The first-order valence-electron chi connectivity index (χ1n) is 4.70. The quantitative estimate of drug-likeness (QED) is 0.541. The van der Waals surface area contributed by atoms with Crippen LogP contribution in [0.5, 0.6) is 0 Å². The molecule has 0 aromatic heterocycles. The molecule has 6 heteroatoms. The lowest BCUT2D eigenvalue weighted by molar-refractivity contribution is 0.159. The highest BCUT2D eigenvalue weighted by Crippen LogP contribution is 2.03. The van der Waals surface area contributed by atoms with Gasteiger partial charge in [-0.2, -0.15) is 0 Å². The molecular weight excluding hydrogens is 226 g/mol. The Morgan fingerprint density at radius 2 is 2.06 bits per heavy atom. The summed E-state index contributed by atoms with van der Waals surface area (Å²) in [7, 11) is 0. The van der Waals surface area contributed by atoms with E-state index in [1.807, 2.05) is 30.3 Å². The number of ether oxygens (including phenoxy) is 1. The number of thiocarbonyl (C=S) groups is 1. The zero-order chi connectivity index (χ0) is 11.8. The Labute approximate surface area is 99.0 Å². The van der Waals surface area contributed by atoms with Crippen molar-refractivity contribution < 1.29 is 9.53 Å². The molecule has 0 unspecified atom stereocenters. The average molecular weight is 239 g/mol. The Bertz CT molecular complexity index is 356. The summed E-state index contributed by atoms with van der Waals surface area (Å²) in [5, 5.41) is 6.32. The molecule has 1 aromatic carbocycles. The van der Waals surface area contributed by atoms with Gasteiger partial charge in [0, 0.05) is 5.69 Å². The number of anilines is 1. The van der Waals surface area contributed by atoms with Crippen LogP contribution >= 0.6 is 12.2 Å². The maximum Gasteiger partial charge on any atom is 0.404 e. The van der Waals surface area contributed by atoms with Gasteiger partial charge in [-0.25, -0.2) is 4.79 Å². The standard InChI is InChI=1S/C10H13N3O2S/c11-9(14)15-7-6-12-10(16)13-8-4-2-1-3-5-8/h1-5H,6-7H2,(H2,11,14)(H2,12,13,16). The van der Waals surface area contributed by atoms with E-state index in [2.05, 4.69) is 15.4 Å². The van der Waals surface area contributed by atoms with E-state index in [0.717, 1.165) is 5.69 Å². The van der Waals surface area contributed by atoms with E-state index < -0.39 is 6.09 Å². The Morgan fingerprint density at radius 3 is 2.69 bits per heavy atom. The van der Waals surface area contributed by atoms with Gasteiger partial charge >= 0.3 is 6.09 Å². The Morgan fingerprint density at radius 1 is 1.38 bits per heavy atom.